The lowest BCUT2D eigenvalue weighted by Gasteiger charge is -2.35. The van der Waals surface area contributed by atoms with Gasteiger partial charge in [0.15, 0.2) is 0 Å². The monoisotopic (exact) mass is 255 g/mol. The van der Waals surface area contributed by atoms with Crippen LogP contribution >= 0.6 is 0 Å². The van der Waals surface area contributed by atoms with Gasteiger partial charge < -0.3 is 14.4 Å². The van der Waals surface area contributed by atoms with Crippen LogP contribution in [-0.4, -0.2) is 19.9 Å². The van der Waals surface area contributed by atoms with Crippen molar-refractivity contribution < 1.29 is 9.47 Å². The van der Waals surface area contributed by atoms with E-state index in [1.807, 2.05) is 24.3 Å². The van der Waals surface area contributed by atoms with Gasteiger partial charge in [0.05, 0.1) is 12.2 Å². The molecule has 0 aliphatic carbocycles. The first-order valence-electron chi connectivity index (χ1n) is 6.44. The molecule has 0 amide bonds. The quantitative estimate of drug-likeness (QED) is 0.841. The van der Waals surface area contributed by atoms with E-state index in [1.165, 1.54) is 5.56 Å². The summed E-state index contributed by atoms with van der Waals surface area (Å²) in [7, 11) is 1.68. The van der Waals surface area contributed by atoms with Crippen LogP contribution in [0.3, 0.4) is 0 Å². The fraction of sp³-hybridized carbons (Fsp3) is 0.250. The minimum absolute atomic E-state index is 0.210. The zero-order chi connectivity index (χ0) is 13.1. The average molecular weight is 255 g/mol. The number of para-hydroxylation sites is 2. The van der Waals surface area contributed by atoms with Crippen LogP contribution in [0.4, 0.5) is 5.69 Å². The van der Waals surface area contributed by atoms with Crippen molar-refractivity contribution in [3.8, 4) is 5.75 Å². The number of nitrogens with zero attached hydrogens (tertiary/aromatic N) is 1. The molecule has 3 rings (SSSR count). The molecule has 0 aromatic heterocycles. The lowest BCUT2D eigenvalue weighted by Crippen LogP contribution is -2.40. The molecule has 98 valence electrons. The maximum atomic E-state index is 5.79. The Kier molecular flexibility index (Phi) is 3.38. The highest BCUT2D eigenvalue weighted by molar-refractivity contribution is 5.60. The Bertz CT molecular complexity index is 541. The van der Waals surface area contributed by atoms with Crippen LogP contribution in [0.1, 0.15) is 5.56 Å². The number of fused-ring (bicyclic) bond motifs is 1. The van der Waals surface area contributed by atoms with E-state index < -0.39 is 0 Å². The highest BCUT2D eigenvalue weighted by Crippen LogP contribution is 2.34. The lowest BCUT2D eigenvalue weighted by atomic mass is 10.1. The molecule has 1 aliphatic heterocycles. The number of anilines is 1. The summed E-state index contributed by atoms with van der Waals surface area (Å²) in [5.74, 6) is 0.886. The van der Waals surface area contributed by atoms with E-state index in [0.717, 1.165) is 24.5 Å². The third-order valence-corrected chi connectivity index (χ3v) is 3.31. The van der Waals surface area contributed by atoms with Crippen molar-refractivity contribution in [3.63, 3.8) is 0 Å². The number of benzene rings is 2. The van der Waals surface area contributed by atoms with E-state index in [4.69, 9.17) is 9.47 Å². The van der Waals surface area contributed by atoms with Gasteiger partial charge >= 0.3 is 0 Å². The van der Waals surface area contributed by atoms with E-state index >= 15 is 0 Å². The molecule has 0 spiro atoms. The number of ether oxygens (including phenoxy) is 2. The van der Waals surface area contributed by atoms with Gasteiger partial charge in [0, 0.05) is 13.7 Å². The van der Waals surface area contributed by atoms with E-state index in [-0.39, 0.29) is 6.29 Å². The summed E-state index contributed by atoms with van der Waals surface area (Å²) < 4.78 is 11.1. The molecule has 19 heavy (non-hydrogen) atoms. The minimum atomic E-state index is -0.210. The van der Waals surface area contributed by atoms with Crippen molar-refractivity contribution in [2.75, 3.05) is 18.6 Å². The number of rotatable bonds is 3. The lowest BCUT2D eigenvalue weighted by molar-refractivity contribution is -0.0521. The predicted molar refractivity (Wildman–Crippen MR) is 75.4 cm³/mol. The highest BCUT2D eigenvalue weighted by atomic mass is 16.7. The first-order chi connectivity index (χ1) is 9.36. The van der Waals surface area contributed by atoms with Crippen LogP contribution in [0.5, 0.6) is 5.75 Å². The second kappa shape index (κ2) is 5.33. The Balaban J connectivity index is 1.88. The van der Waals surface area contributed by atoms with Crippen molar-refractivity contribution in [3.05, 3.63) is 60.2 Å². The molecule has 1 atom stereocenters. The van der Waals surface area contributed by atoms with Gasteiger partial charge in [-0.05, 0) is 17.7 Å². The van der Waals surface area contributed by atoms with Gasteiger partial charge in [-0.2, -0.15) is 0 Å². The zero-order valence-corrected chi connectivity index (χ0v) is 11.0. The molecular weight excluding hydrogens is 238 g/mol. The molecule has 2 aromatic rings. The van der Waals surface area contributed by atoms with Crippen LogP contribution in [0.15, 0.2) is 54.6 Å². The maximum absolute atomic E-state index is 5.79. The summed E-state index contributed by atoms with van der Waals surface area (Å²) in [4.78, 5) is 2.29. The first kappa shape index (κ1) is 12.1. The van der Waals surface area contributed by atoms with Crippen molar-refractivity contribution >= 4 is 5.69 Å². The molecule has 1 heterocycles. The molecule has 0 bridgehead atoms. The second-order valence-corrected chi connectivity index (χ2v) is 4.62. The van der Waals surface area contributed by atoms with Gasteiger partial charge in [0.25, 0.3) is 0 Å². The van der Waals surface area contributed by atoms with Crippen molar-refractivity contribution in [1.82, 2.24) is 0 Å². The minimum Gasteiger partial charge on any atom is -0.461 e. The van der Waals surface area contributed by atoms with Gasteiger partial charge in [-0.15, -0.1) is 0 Å². The van der Waals surface area contributed by atoms with Crippen LogP contribution in [0.25, 0.3) is 0 Å². The summed E-state index contributed by atoms with van der Waals surface area (Å²) in [6.07, 6.45) is -0.210. The summed E-state index contributed by atoms with van der Waals surface area (Å²) in [5.41, 5.74) is 2.41. The van der Waals surface area contributed by atoms with E-state index in [0.29, 0.717) is 0 Å². The molecule has 0 N–H and O–H groups in total. The van der Waals surface area contributed by atoms with Gasteiger partial charge in [-0.25, -0.2) is 0 Å². The summed E-state index contributed by atoms with van der Waals surface area (Å²) >= 11 is 0. The molecule has 3 heteroatoms. The normalized spacial score (nSPS) is 17.7. The van der Waals surface area contributed by atoms with E-state index in [1.54, 1.807) is 7.11 Å². The van der Waals surface area contributed by atoms with Gasteiger partial charge in [-0.3, -0.25) is 0 Å². The van der Waals surface area contributed by atoms with Gasteiger partial charge in [0.2, 0.25) is 6.29 Å². The molecule has 0 saturated carbocycles. The molecular formula is C16H17NO2. The van der Waals surface area contributed by atoms with E-state index in [9.17, 15) is 0 Å². The summed E-state index contributed by atoms with van der Waals surface area (Å²) in [6, 6.07) is 18.5. The Morgan fingerprint density at radius 2 is 1.84 bits per heavy atom. The van der Waals surface area contributed by atoms with Crippen molar-refractivity contribution in [1.29, 1.82) is 0 Å². The predicted octanol–water partition coefficient (Wildman–Crippen LogP) is 3.06. The van der Waals surface area contributed by atoms with Crippen LogP contribution < -0.4 is 9.64 Å². The molecule has 3 nitrogen and oxygen atoms in total. The van der Waals surface area contributed by atoms with Crippen LogP contribution in [0, 0.1) is 0 Å². The molecule has 0 fully saturated rings. The van der Waals surface area contributed by atoms with Gasteiger partial charge in [0.1, 0.15) is 5.75 Å². The van der Waals surface area contributed by atoms with Crippen LogP contribution in [0.2, 0.25) is 0 Å². The number of hydrogen-bond acceptors (Lipinski definition) is 3. The average Bonchev–Trinajstić information content (AvgIpc) is 2.48. The second-order valence-electron chi connectivity index (χ2n) is 4.62. The van der Waals surface area contributed by atoms with Crippen molar-refractivity contribution in [2.24, 2.45) is 0 Å². The topological polar surface area (TPSA) is 21.7 Å². The fourth-order valence-electron chi connectivity index (χ4n) is 2.35. The Hall–Kier alpha value is -2.00. The highest BCUT2D eigenvalue weighted by Gasteiger charge is 2.24. The SMILES string of the molecule is COC1CN(Cc2ccccc2)c2ccccc2O1. The Morgan fingerprint density at radius 1 is 1.11 bits per heavy atom. The number of hydrogen-bond donors (Lipinski definition) is 0. The largest absolute Gasteiger partial charge is 0.461 e. The van der Waals surface area contributed by atoms with Crippen LogP contribution in [-0.2, 0) is 11.3 Å². The summed E-state index contributed by atoms with van der Waals surface area (Å²) in [6.45, 7) is 1.60. The standard InChI is InChI=1S/C16H17NO2/c1-18-16-12-17(11-13-7-3-2-4-8-13)14-9-5-6-10-15(14)19-16/h2-10,16H,11-12H2,1H3. The molecule has 1 aliphatic rings. The fourth-order valence-corrected chi connectivity index (χ4v) is 2.35. The molecule has 0 saturated heterocycles. The van der Waals surface area contributed by atoms with Crippen molar-refractivity contribution in [2.45, 2.75) is 12.8 Å². The smallest absolute Gasteiger partial charge is 0.217 e. The third kappa shape index (κ3) is 2.56. The van der Waals surface area contributed by atoms with E-state index in [2.05, 4.69) is 35.2 Å². The van der Waals surface area contributed by atoms with Gasteiger partial charge in [-0.1, -0.05) is 42.5 Å². The first-order valence-corrected chi connectivity index (χ1v) is 6.44. The number of methoxy groups -OCH3 is 1. The third-order valence-electron chi connectivity index (χ3n) is 3.31. The Labute approximate surface area is 113 Å². The maximum Gasteiger partial charge on any atom is 0.217 e. The molecule has 0 radical (unpaired) electrons. The zero-order valence-electron chi connectivity index (χ0n) is 11.0. The molecule has 2 aromatic carbocycles. The molecule has 1 unspecified atom stereocenters. The summed E-state index contributed by atoms with van der Waals surface area (Å²) in [5, 5.41) is 0. The Morgan fingerprint density at radius 3 is 2.63 bits per heavy atom.